The van der Waals surface area contributed by atoms with E-state index in [2.05, 4.69) is 10.1 Å². The maximum Gasteiger partial charge on any atom is 0.240 e. The highest BCUT2D eigenvalue weighted by Crippen LogP contribution is 2.29. The minimum Gasteiger partial charge on any atom is -0.496 e. The van der Waals surface area contributed by atoms with E-state index in [1.54, 1.807) is 18.2 Å². The van der Waals surface area contributed by atoms with Crippen molar-refractivity contribution < 1.29 is 13.7 Å². The molecule has 0 aliphatic heterocycles. The Labute approximate surface area is 97.4 Å². The lowest BCUT2D eigenvalue weighted by Gasteiger charge is -2.08. The fourth-order valence-corrected chi connectivity index (χ4v) is 1.55. The van der Waals surface area contributed by atoms with Crippen molar-refractivity contribution >= 4 is 0 Å². The van der Waals surface area contributed by atoms with E-state index in [4.69, 9.17) is 15.0 Å². The third kappa shape index (κ3) is 2.12. The molecule has 0 aliphatic rings. The van der Waals surface area contributed by atoms with Crippen LogP contribution in [-0.2, 0) is 13.2 Å². The van der Waals surface area contributed by atoms with Gasteiger partial charge in [0.1, 0.15) is 12.4 Å². The van der Waals surface area contributed by atoms with Gasteiger partial charge in [0.25, 0.3) is 0 Å². The van der Waals surface area contributed by atoms with Crippen molar-refractivity contribution in [1.82, 2.24) is 10.1 Å². The number of nitrogens with two attached hydrogens (primary N) is 1. The van der Waals surface area contributed by atoms with Gasteiger partial charge in [0.2, 0.25) is 11.7 Å². The summed E-state index contributed by atoms with van der Waals surface area (Å²) in [4.78, 5) is 4.06. The summed E-state index contributed by atoms with van der Waals surface area (Å²) in [6.07, 6.45) is 0. The van der Waals surface area contributed by atoms with Crippen LogP contribution in [0.3, 0.4) is 0 Å². The number of rotatable bonds is 4. The highest BCUT2D eigenvalue weighted by atomic mass is 19.1. The van der Waals surface area contributed by atoms with Crippen LogP contribution in [0.5, 0.6) is 5.75 Å². The van der Waals surface area contributed by atoms with Gasteiger partial charge in [-0.25, -0.2) is 4.39 Å². The van der Waals surface area contributed by atoms with Crippen LogP contribution in [-0.4, -0.2) is 17.3 Å². The molecular formula is C11H12FN3O2. The Morgan fingerprint density at radius 1 is 1.47 bits per heavy atom. The molecule has 0 radical (unpaired) electrons. The molecule has 17 heavy (non-hydrogen) atoms. The first-order valence-electron chi connectivity index (χ1n) is 5.05. The largest absolute Gasteiger partial charge is 0.496 e. The Balaban J connectivity index is 2.50. The maximum absolute atomic E-state index is 13.0. The molecule has 2 N–H and O–H groups in total. The smallest absolute Gasteiger partial charge is 0.240 e. The first kappa shape index (κ1) is 11.5. The molecule has 0 unspecified atom stereocenters. The summed E-state index contributed by atoms with van der Waals surface area (Å²) in [5, 5.41) is 3.75. The van der Waals surface area contributed by atoms with Crippen molar-refractivity contribution in [3.8, 4) is 17.1 Å². The van der Waals surface area contributed by atoms with Crippen LogP contribution in [0.15, 0.2) is 22.7 Å². The molecule has 2 aromatic rings. The average Bonchev–Trinajstić information content (AvgIpc) is 2.86. The van der Waals surface area contributed by atoms with Gasteiger partial charge in [-0.1, -0.05) is 17.3 Å². The first-order valence-corrected chi connectivity index (χ1v) is 5.05. The highest BCUT2D eigenvalue weighted by Gasteiger charge is 2.15. The summed E-state index contributed by atoms with van der Waals surface area (Å²) in [5.74, 6) is 1.09. The van der Waals surface area contributed by atoms with E-state index in [9.17, 15) is 4.39 Å². The lowest BCUT2D eigenvalue weighted by Crippen LogP contribution is -1.97. The van der Waals surface area contributed by atoms with Gasteiger partial charge in [-0.3, -0.25) is 0 Å². The van der Waals surface area contributed by atoms with E-state index < -0.39 is 6.67 Å². The van der Waals surface area contributed by atoms with Crippen molar-refractivity contribution in [2.75, 3.05) is 7.11 Å². The Hall–Kier alpha value is -1.95. The summed E-state index contributed by atoms with van der Waals surface area (Å²) in [6, 6.07) is 5.14. The number of ether oxygens (including phenoxy) is 1. The van der Waals surface area contributed by atoms with Crippen LogP contribution < -0.4 is 10.5 Å². The fourth-order valence-electron chi connectivity index (χ4n) is 1.55. The zero-order valence-electron chi connectivity index (χ0n) is 9.31. The van der Waals surface area contributed by atoms with E-state index in [0.717, 1.165) is 0 Å². The monoisotopic (exact) mass is 237 g/mol. The van der Waals surface area contributed by atoms with Gasteiger partial charge >= 0.3 is 0 Å². The molecule has 1 aromatic carbocycles. The third-order valence-electron chi connectivity index (χ3n) is 2.37. The molecule has 5 nitrogen and oxygen atoms in total. The minimum absolute atomic E-state index is 0.155. The van der Waals surface area contributed by atoms with Crippen LogP contribution in [0.1, 0.15) is 11.5 Å². The molecule has 90 valence electrons. The van der Waals surface area contributed by atoms with Crippen molar-refractivity contribution in [2.24, 2.45) is 5.73 Å². The molecule has 0 atom stereocenters. The van der Waals surface area contributed by atoms with Crippen molar-refractivity contribution in [1.29, 1.82) is 0 Å². The maximum atomic E-state index is 13.0. The van der Waals surface area contributed by atoms with Crippen molar-refractivity contribution in [2.45, 2.75) is 13.2 Å². The molecular weight excluding hydrogens is 225 g/mol. The summed E-state index contributed by atoms with van der Waals surface area (Å²) < 4.78 is 23.0. The summed E-state index contributed by atoms with van der Waals surface area (Å²) in [6.45, 7) is -0.506. The molecule has 0 amide bonds. The predicted octanol–water partition coefficient (Wildman–Crippen LogP) is 1.67. The third-order valence-corrected chi connectivity index (χ3v) is 2.37. The lowest BCUT2D eigenvalue weighted by atomic mass is 10.1. The average molecular weight is 237 g/mol. The van der Waals surface area contributed by atoms with Gasteiger partial charge in [-0.05, 0) is 6.07 Å². The number of alkyl halides is 1. The molecule has 6 heteroatoms. The zero-order valence-corrected chi connectivity index (χ0v) is 9.31. The molecule has 0 spiro atoms. The zero-order chi connectivity index (χ0) is 12.3. The van der Waals surface area contributed by atoms with Crippen LogP contribution in [0.25, 0.3) is 11.4 Å². The normalized spacial score (nSPS) is 10.5. The van der Waals surface area contributed by atoms with Crippen LogP contribution >= 0.6 is 0 Å². The Kier molecular flexibility index (Phi) is 3.34. The Bertz CT molecular complexity index is 513. The van der Waals surface area contributed by atoms with Crippen molar-refractivity contribution in [3.05, 3.63) is 29.7 Å². The van der Waals surface area contributed by atoms with Gasteiger partial charge < -0.3 is 15.0 Å². The van der Waals surface area contributed by atoms with Crippen LogP contribution in [0.4, 0.5) is 4.39 Å². The number of aromatic nitrogens is 2. The predicted molar refractivity (Wildman–Crippen MR) is 59.0 cm³/mol. The van der Waals surface area contributed by atoms with E-state index in [0.29, 0.717) is 28.6 Å². The molecule has 0 fully saturated rings. The highest BCUT2D eigenvalue weighted by molar-refractivity contribution is 5.63. The quantitative estimate of drug-likeness (QED) is 0.875. The van der Waals surface area contributed by atoms with Crippen LogP contribution in [0, 0.1) is 0 Å². The summed E-state index contributed by atoms with van der Waals surface area (Å²) in [5.41, 5.74) is 6.33. The number of methoxy groups -OCH3 is 1. The number of benzene rings is 1. The van der Waals surface area contributed by atoms with E-state index in [1.165, 1.54) is 7.11 Å². The van der Waals surface area contributed by atoms with Gasteiger partial charge in [-0.2, -0.15) is 4.98 Å². The van der Waals surface area contributed by atoms with Gasteiger partial charge in [0.05, 0.1) is 13.7 Å². The summed E-state index contributed by atoms with van der Waals surface area (Å²) >= 11 is 0. The Morgan fingerprint density at radius 3 is 2.88 bits per heavy atom. The molecule has 1 aromatic heterocycles. The number of hydrogen-bond acceptors (Lipinski definition) is 5. The lowest BCUT2D eigenvalue weighted by molar-refractivity contribution is 0.380. The Morgan fingerprint density at radius 2 is 2.29 bits per heavy atom. The molecule has 1 heterocycles. The number of hydrogen-bond donors (Lipinski definition) is 1. The second-order valence-corrected chi connectivity index (χ2v) is 3.34. The SMILES string of the molecule is COc1cccc(-c2noc(CN)n2)c1CF. The molecule has 2 rings (SSSR count). The van der Waals surface area contributed by atoms with Crippen molar-refractivity contribution in [3.63, 3.8) is 0 Å². The molecule has 0 saturated carbocycles. The molecule has 0 bridgehead atoms. The second kappa shape index (κ2) is 4.92. The second-order valence-electron chi connectivity index (χ2n) is 3.34. The van der Waals surface area contributed by atoms with Gasteiger partial charge in [0.15, 0.2) is 0 Å². The number of halogens is 1. The van der Waals surface area contributed by atoms with E-state index >= 15 is 0 Å². The standard InChI is InChI=1S/C11H12FN3O2/c1-16-9-4-2-3-7(8(9)5-12)11-14-10(6-13)17-15-11/h2-4H,5-6,13H2,1H3. The number of nitrogens with zero attached hydrogens (tertiary/aromatic N) is 2. The van der Waals surface area contributed by atoms with E-state index in [1.807, 2.05) is 0 Å². The van der Waals surface area contributed by atoms with Crippen LogP contribution in [0.2, 0.25) is 0 Å². The fraction of sp³-hybridized carbons (Fsp3) is 0.273. The summed E-state index contributed by atoms with van der Waals surface area (Å²) in [7, 11) is 1.49. The minimum atomic E-state index is -0.661. The van der Waals surface area contributed by atoms with Gasteiger partial charge in [0, 0.05) is 11.1 Å². The molecule has 0 aliphatic carbocycles. The topological polar surface area (TPSA) is 74.2 Å². The first-order chi connectivity index (χ1) is 8.30. The van der Waals surface area contributed by atoms with Gasteiger partial charge in [-0.15, -0.1) is 0 Å². The molecule has 0 saturated heterocycles. The van der Waals surface area contributed by atoms with E-state index in [-0.39, 0.29) is 6.54 Å².